The number of halogens is 2. The second kappa shape index (κ2) is 7.96. The van der Waals surface area contributed by atoms with E-state index in [1.54, 1.807) is 36.2 Å². The van der Waals surface area contributed by atoms with Gasteiger partial charge in [-0.3, -0.25) is 4.79 Å². The number of nitrogens with zero attached hydrogens (tertiary/aromatic N) is 3. The lowest BCUT2D eigenvalue weighted by atomic mass is 10.1. The Balaban J connectivity index is 1.94. The fourth-order valence-corrected chi connectivity index (χ4v) is 3.25. The van der Waals surface area contributed by atoms with Gasteiger partial charge in [-0.1, -0.05) is 18.5 Å². The summed E-state index contributed by atoms with van der Waals surface area (Å²) >= 11 is 6.04. The van der Waals surface area contributed by atoms with Crippen LogP contribution < -0.4 is 4.74 Å². The van der Waals surface area contributed by atoms with Gasteiger partial charge in [0.25, 0.3) is 5.91 Å². The number of fused-ring (bicyclic) bond motifs is 1. The highest BCUT2D eigenvalue weighted by atomic mass is 35.5. The standard InChI is InChI=1S/C20H21ClFN3O2/c1-4-9-25-17-11-14(22)6-7-16(17)23-19(25)12-24(2)20(26)15-10-13(21)5-8-18(15)27-3/h5-8,10-11H,4,9,12H2,1-3H3. The van der Waals surface area contributed by atoms with E-state index in [0.717, 1.165) is 11.9 Å². The van der Waals surface area contributed by atoms with Crippen LogP contribution in [-0.4, -0.2) is 34.5 Å². The number of hydrogen-bond acceptors (Lipinski definition) is 3. The highest BCUT2D eigenvalue weighted by Gasteiger charge is 2.20. The number of carbonyl (C=O) groups is 1. The van der Waals surface area contributed by atoms with Crippen LogP contribution in [0.3, 0.4) is 0 Å². The number of rotatable bonds is 6. The van der Waals surface area contributed by atoms with Crippen molar-refractivity contribution in [3.63, 3.8) is 0 Å². The van der Waals surface area contributed by atoms with Gasteiger partial charge in [-0.05, 0) is 42.8 Å². The number of imidazole rings is 1. The number of aromatic nitrogens is 2. The molecular weight excluding hydrogens is 369 g/mol. The van der Waals surface area contributed by atoms with Crippen molar-refractivity contribution in [2.45, 2.75) is 26.4 Å². The minimum absolute atomic E-state index is 0.226. The van der Waals surface area contributed by atoms with E-state index in [-0.39, 0.29) is 18.3 Å². The quantitative estimate of drug-likeness (QED) is 0.622. The predicted molar refractivity (Wildman–Crippen MR) is 104 cm³/mol. The van der Waals surface area contributed by atoms with Crippen molar-refractivity contribution in [3.8, 4) is 5.75 Å². The highest BCUT2D eigenvalue weighted by Crippen LogP contribution is 2.25. The molecule has 0 aliphatic heterocycles. The monoisotopic (exact) mass is 389 g/mol. The summed E-state index contributed by atoms with van der Waals surface area (Å²) in [5, 5.41) is 0.459. The Labute approximate surface area is 162 Å². The SMILES string of the molecule is CCCn1c(CN(C)C(=O)c2cc(Cl)ccc2OC)nc2ccc(F)cc21. The van der Waals surface area contributed by atoms with Gasteiger partial charge in [0.05, 0.1) is 30.3 Å². The Hall–Kier alpha value is -2.60. The molecule has 0 N–H and O–H groups in total. The van der Waals surface area contributed by atoms with E-state index in [0.29, 0.717) is 34.2 Å². The van der Waals surface area contributed by atoms with Gasteiger partial charge in [-0.15, -0.1) is 0 Å². The van der Waals surface area contributed by atoms with Crippen LogP contribution >= 0.6 is 11.6 Å². The van der Waals surface area contributed by atoms with E-state index in [1.165, 1.54) is 19.2 Å². The molecular formula is C20H21ClFN3O2. The Bertz CT molecular complexity index is 987. The maximum Gasteiger partial charge on any atom is 0.257 e. The molecule has 0 atom stereocenters. The van der Waals surface area contributed by atoms with Crippen molar-refractivity contribution in [2.24, 2.45) is 0 Å². The molecule has 0 saturated heterocycles. The van der Waals surface area contributed by atoms with Gasteiger partial charge >= 0.3 is 0 Å². The molecule has 1 heterocycles. The van der Waals surface area contributed by atoms with Crippen molar-refractivity contribution in [2.75, 3.05) is 14.2 Å². The molecule has 0 fully saturated rings. The van der Waals surface area contributed by atoms with Crippen LogP contribution in [0.5, 0.6) is 5.75 Å². The lowest BCUT2D eigenvalue weighted by Gasteiger charge is -2.19. The lowest BCUT2D eigenvalue weighted by molar-refractivity contribution is 0.0777. The first-order valence-corrected chi connectivity index (χ1v) is 9.06. The summed E-state index contributed by atoms with van der Waals surface area (Å²) in [6, 6.07) is 9.45. The van der Waals surface area contributed by atoms with Crippen molar-refractivity contribution < 1.29 is 13.9 Å². The summed E-state index contributed by atoms with van der Waals surface area (Å²) in [4.78, 5) is 19.1. The summed E-state index contributed by atoms with van der Waals surface area (Å²) in [5.41, 5.74) is 1.82. The molecule has 142 valence electrons. The van der Waals surface area contributed by atoms with Gasteiger partial charge in [0.1, 0.15) is 17.4 Å². The largest absolute Gasteiger partial charge is 0.496 e. The van der Waals surface area contributed by atoms with Crippen LogP contribution in [0, 0.1) is 5.82 Å². The predicted octanol–water partition coefficient (Wildman–Crippen LogP) is 4.52. The molecule has 3 aromatic rings. The number of methoxy groups -OCH3 is 1. The van der Waals surface area contributed by atoms with E-state index in [2.05, 4.69) is 4.98 Å². The van der Waals surface area contributed by atoms with Crippen molar-refractivity contribution >= 4 is 28.5 Å². The topological polar surface area (TPSA) is 47.4 Å². The summed E-state index contributed by atoms with van der Waals surface area (Å²) in [6.45, 7) is 3.02. The van der Waals surface area contributed by atoms with Crippen LogP contribution in [-0.2, 0) is 13.1 Å². The van der Waals surface area contributed by atoms with Crippen molar-refractivity contribution in [1.82, 2.24) is 14.5 Å². The Morgan fingerprint density at radius 1 is 1.30 bits per heavy atom. The molecule has 0 radical (unpaired) electrons. The van der Waals surface area contributed by atoms with E-state index in [9.17, 15) is 9.18 Å². The van der Waals surface area contributed by atoms with E-state index >= 15 is 0 Å². The molecule has 1 aromatic heterocycles. The molecule has 1 amide bonds. The van der Waals surface area contributed by atoms with Crippen LogP contribution in [0.4, 0.5) is 4.39 Å². The zero-order valence-corrected chi connectivity index (χ0v) is 16.3. The minimum Gasteiger partial charge on any atom is -0.496 e. The smallest absolute Gasteiger partial charge is 0.257 e. The number of amides is 1. The first kappa shape index (κ1) is 19.2. The average Bonchev–Trinajstić information content (AvgIpc) is 2.98. The fourth-order valence-electron chi connectivity index (χ4n) is 3.08. The van der Waals surface area contributed by atoms with Gasteiger partial charge < -0.3 is 14.2 Å². The van der Waals surface area contributed by atoms with Crippen LogP contribution in [0.25, 0.3) is 11.0 Å². The maximum absolute atomic E-state index is 13.7. The summed E-state index contributed by atoms with van der Waals surface area (Å²) < 4.78 is 20.9. The lowest BCUT2D eigenvalue weighted by Crippen LogP contribution is -2.28. The van der Waals surface area contributed by atoms with Gasteiger partial charge in [-0.25, -0.2) is 9.37 Å². The van der Waals surface area contributed by atoms with Crippen molar-refractivity contribution in [1.29, 1.82) is 0 Å². The molecule has 0 bridgehead atoms. The highest BCUT2D eigenvalue weighted by molar-refractivity contribution is 6.31. The van der Waals surface area contributed by atoms with Crippen LogP contribution in [0.1, 0.15) is 29.5 Å². The zero-order valence-electron chi connectivity index (χ0n) is 15.5. The molecule has 7 heteroatoms. The zero-order chi connectivity index (χ0) is 19.6. The number of hydrogen-bond donors (Lipinski definition) is 0. The molecule has 0 aliphatic rings. The van der Waals surface area contributed by atoms with Crippen molar-refractivity contribution in [3.05, 3.63) is 58.6 Å². The average molecular weight is 390 g/mol. The fraction of sp³-hybridized carbons (Fsp3) is 0.300. The van der Waals surface area contributed by atoms with E-state index in [1.807, 2.05) is 11.5 Å². The molecule has 0 spiro atoms. The third-order valence-corrected chi connectivity index (χ3v) is 4.59. The maximum atomic E-state index is 13.7. The molecule has 27 heavy (non-hydrogen) atoms. The first-order chi connectivity index (χ1) is 12.9. The number of carbonyl (C=O) groups excluding carboxylic acids is 1. The van der Waals surface area contributed by atoms with E-state index in [4.69, 9.17) is 16.3 Å². The second-order valence-electron chi connectivity index (χ2n) is 6.32. The van der Waals surface area contributed by atoms with Gasteiger partial charge in [0.15, 0.2) is 0 Å². The molecule has 0 saturated carbocycles. The second-order valence-corrected chi connectivity index (χ2v) is 6.75. The summed E-state index contributed by atoms with van der Waals surface area (Å²) in [5.74, 6) is 0.629. The Kier molecular flexibility index (Phi) is 5.65. The van der Waals surface area contributed by atoms with Crippen LogP contribution in [0.15, 0.2) is 36.4 Å². The molecule has 5 nitrogen and oxygen atoms in total. The Morgan fingerprint density at radius 3 is 2.78 bits per heavy atom. The number of benzene rings is 2. The molecule has 0 unspecified atom stereocenters. The normalized spacial score (nSPS) is 11.0. The van der Waals surface area contributed by atoms with E-state index < -0.39 is 0 Å². The first-order valence-electron chi connectivity index (χ1n) is 8.68. The van der Waals surface area contributed by atoms with Gasteiger partial charge in [0.2, 0.25) is 0 Å². The third-order valence-electron chi connectivity index (χ3n) is 4.35. The summed E-state index contributed by atoms with van der Waals surface area (Å²) in [6.07, 6.45) is 0.870. The minimum atomic E-state index is -0.306. The number of ether oxygens (including phenoxy) is 1. The molecule has 3 rings (SSSR count). The third kappa shape index (κ3) is 3.90. The van der Waals surface area contributed by atoms with Gasteiger partial charge in [0, 0.05) is 18.6 Å². The summed E-state index contributed by atoms with van der Waals surface area (Å²) in [7, 11) is 3.20. The molecule has 2 aromatic carbocycles. The number of aryl methyl sites for hydroxylation is 1. The Morgan fingerprint density at radius 2 is 2.07 bits per heavy atom. The van der Waals surface area contributed by atoms with Gasteiger partial charge in [-0.2, -0.15) is 0 Å². The van der Waals surface area contributed by atoms with Crippen LogP contribution in [0.2, 0.25) is 5.02 Å². The molecule has 0 aliphatic carbocycles.